The van der Waals surface area contributed by atoms with Gasteiger partial charge in [0, 0.05) is 12.5 Å². The average molecular weight is 387 g/mol. The molecule has 0 saturated carbocycles. The van der Waals surface area contributed by atoms with E-state index >= 15 is 0 Å². The van der Waals surface area contributed by atoms with Crippen LogP contribution in [0.5, 0.6) is 0 Å². The summed E-state index contributed by atoms with van der Waals surface area (Å²) in [5.74, 6) is -1.80. The first-order valence-corrected chi connectivity index (χ1v) is 10.0. The number of halogens is 2. The molecule has 140 valence electrons. The monoisotopic (exact) mass is 387 g/mol. The molecular formula is C21H19F2NO2S. The van der Waals surface area contributed by atoms with Gasteiger partial charge >= 0.3 is 0 Å². The van der Waals surface area contributed by atoms with E-state index in [4.69, 9.17) is 0 Å². The lowest BCUT2D eigenvalue weighted by Crippen LogP contribution is -2.27. The minimum Gasteiger partial charge on any atom is -0.211 e. The van der Waals surface area contributed by atoms with Crippen molar-refractivity contribution in [2.75, 3.05) is 6.54 Å². The maximum absolute atomic E-state index is 13.8. The van der Waals surface area contributed by atoms with Gasteiger partial charge in [0.2, 0.25) is 10.0 Å². The van der Waals surface area contributed by atoms with Crippen LogP contribution in [0.2, 0.25) is 0 Å². The maximum atomic E-state index is 13.8. The number of nitrogens with one attached hydrogen (secondary N) is 1. The van der Waals surface area contributed by atoms with E-state index in [1.165, 1.54) is 0 Å². The average Bonchev–Trinajstić information content (AvgIpc) is 2.68. The molecule has 0 heterocycles. The van der Waals surface area contributed by atoms with Crippen molar-refractivity contribution in [3.8, 4) is 0 Å². The Balaban J connectivity index is 1.77. The van der Waals surface area contributed by atoms with E-state index in [0.29, 0.717) is 12.5 Å². The molecule has 0 fully saturated rings. The highest BCUT2D eigenvalue weighted by molar-refractivity contribution is 7.89. The Bertz CT molecular complexity index is 954. The summed E-state index contributed by atoms with van der Waals surface area (Å²) in [5, 5.41) is 0. The van der Waals surface area contributed by atoms with Gasteiger partial charge in [-0.15, -0.1) is 0 Å². The summed E-state index contributed by atoms with van der Waals surface area (Å²) in [6.45, 7) is 0.0900. The van der Waals surface area contributed by atoms with Crippen LogP contribution >= 0.6 is 0 Å². The fourth-order valence-electron chi connectivity index (χ4n) is 2.99. The standard InChI is InChI=1S/C21H19F2NO2S/c22-18-11-12-20(23)21(15-18)27(25,26)24-14-13-19(16-7-3-1-4-8-16)17-9-5-2-6-10-17/h1-12,15,19,24H,13-14H2. The molecular weight excluding hydrogens is 368 g/mol. The van der Waals surface area contributed by atoms with Crippen LogP contribution in [0.15, 0.2) is 83.8 Å². The zero-order chi connectivity index (χ0) is 19.3. The number of hydrogen-bond donors (Lipinski definition) is 1. The van der Waals surface area contributed by atoms with Crippen molar-refractivity contribution in [1.82, 2.24) is 4.72 Å². The molecule has 3 nitrogen and oxygen atoms in total. The molecule has 0 aromatic heterocycles. The largest absolute Gasteiger partial charge is 0.243 e. The lowest BCUT2D eigenvalue weighted by atomic mass is 9.89. The molecule has 0 radical (unpaired) electrons. The van der Waals surface area contributed by atoms with E-state index in [2.05, 4.69) is 4.72 Å². The maximum Gasteiger partial charge on any atom is 0.243 e. The van der Waals surface area contributed by atoms with Crippen molar-refractivity contribution in [1.29, 1.82) is 0 Å². The number of hydrogen-bond acceptors (Lipinski definition) is 2. The summed E-state index contributed by atoms with van der Waals surface area (Å²) < 4.78 is 54.2. The minimum atomic E-state index is -4.14. The van der Waals surface area contributed by atoms with Crippen LogP contribution in [-0.4, -0.2) is 15.0 Å². The third kappa shape index (κ3) is 4.78. The Kier molecular flexibility index (Phi) is 5.98. The Labute approximate surface area is 157 Å². The molecule has 0 amide bonds. The first-order chi connectivity index (χ1) is 13.0. The Morgan fingerprint density at radius 3 is 1.93 bits per heavy atom. The molecule has 0 atom stereocenters. The summed E-state index contributed by atoms with van der Waals surface area (Å²) in [4.78, 5) is -0.682. The van der Waals surface area contributed by atoms with Gasteiger partial charge < -0.3 is 0 Å². The van der Waals surface area contributed by atoms with Gasteiger partial charge in [0.1, 0.15) is 16.5 Å². The van der Waals surface area contributed by atoms with Crippen LogP contribution < -0.4 is 4.72 Å². The van der Waals surface area contributed by atoms with Crippen LogP contribution in [0.25, 0.3) is 0 Å². The van der Waals surface area contributed by atoms with Crippen LogP contribution in [0.3, 0.4) is 0 Å². The SMILES string of the molecule is O=S(=O)(NCCC(c1ccccc1)c1ccccc1)c1cc(F)ccc1F. The van der Waals surface area contributed by atoms with E-state index < -0.39 is 26.6 Å². The fourth-order valence-corrected chi connectivity index (χ4v) is 4.13. The molecule has 0 unspecified atom stereocenters. The van der Waals surface area contributed by atoms with Crippen molar-refractivity contribution in [2.24, 2.45) is 0 Å². The minimum absolute atomic E-state index is 0.0209. The lowest BCUT2D eigenvalue weighted by molar-refractivity contribution is 0.543. The third-order valence-electron chi connectivity index (χ3n) is 4.31. The summed E-state index contributed by atoms with van der Waals surface area (Å²) in [7, 11) is -4.14. The van der Waals surface area contributed by atoms with E-state index in [-0.39, 0.29) is 12.5 Å². The van der Waals surface area contributed by atoms with E-state index in [1.807, 2.05) is 60.7 Å². The molecule has 3 rings (SSSR count). The first kappa shape index (κ1) is 19.2. The molecule has 27 heavy (non-hydrogen) atoms. The molecule has 3 aromatic carbocycles. The fraction of sp³-hybridized carbons (Fsp3) is 0.143. The van der Waals surface area contributed by atoms with Crippen molar-refractivity contribution < 1.29 is 17.2 Å². The highest BCUT2D eigenvalue weighted by atomic mass is 32.2. The van der Waals surface area contributed by atoms with Crippen LogP contribution in [0.4, 0.5) is 8.78 Å². The normalized spacial score (nSPS) is 11.7. The zero-order valence-corrected chi connectivity index (χ0v) is 15.3. The second-order valence-electron chi connectivity index (χ2n) is 6.14. The van der Waals surface area contributed by atoms with Crippen molar-refractivity contribution >= 4 is 10.0 Å². The Morgan fingerprint density at radius 1 is 0.815 bits per heavy atom. The predicted octanol–water partition coefficient (Wildman–Crippen LogP) is 4.47. The van der Waals surface area contributed by atoms with Crippen molar-refractivity contribution in [3.05, 3.63) is 102 Å². The second kappa shape index (κ2) is 8.41. The van der Waals surface area contributed by atoms with E-state index in [1.54, 1.807) is 0 Å². The van der Waals surface area contributed by atoms with Crippen molar-refractivity contribution in [2.45, 2.75) is 17.2 Å². The summed E-state index contributed by atoms with van der Waals surface area (Å²) >= 11 is 0. The number of benzene rings is 3. The number of rotatable bonds is 7. The first-order valence-electron chi connectivity index (χ1n) is 8.52. The zero-order valence-electron chi connectivity index (χ0n) is 14.5. The highest BCUT2D eigenvalue weighted by Gasteiger charge is 2.21. The quantitative estimate of drug-likeness (QED) is 0.650. The van der Waals surface area contributed by atoms with Gasteiger partial charge in [-0.1, -0.05) is 60.7 Å². The molecule has 0 spiro atoms. The summed E-state index contributed by atoms with van der Waals surface area (Å²) in [6.07, 6.45) is 0.476. The molecule has 0 bridgehead atoms. The van der Waals surface area contributed by atoms with Crippen LogP contribution in [0.1, 0.15) is 23.5 Å². The molecule has 3 aromatic rings. The molecule has 0 aliphatic carbocycles. The summed E-state index contributed by atoms with van der Waals surface area (Å²) in [5.41, 5.74) is 2.11. The smallest absolute Gasteiger partial charge is 0.211 e. The van der Waals surface area contributed by atoms with Gasteiger partial charge in [0.05, 0.1) is 0 Å². The van der Waals surface area contributed by atoms with Crippen LogP contribution in [-0.2, 0) is 10.0 Å². The Morgan fingerprint density at radius 2 is 1.37 bits per heavy atom. The Hall–Kier alpha value is -2.57. The van der Waals surface area contributed by atoms with Gasteiger partial charge in [-0.3, -0.25) is 0 Å². The van der Waals surface area contributed by atoms with Gasteiger partial charge in [-0.25, -0.2) is 21.9 Å². The van der Waals surface area contributed by atoms with E-state index in [0.717, 1.165) is 23.3 Å². The summed E-state index contributed by atoms with van der Waals surface area (Å²) in [6, 6.07) is 21.9. The molecule has 0 aliphatic heterocycles. The van der Waals surface area contributed by atoms with Gasteiger partial charge in [-0.05, 0) is 35.7 Å². The highest BCUT2D eigenvalue weighted by Crippen LogP contribution is 2.27. The van der Waals surface area contributed by atoms with Crippen LogP contribution in [0, 0.1) is 11.6 Å². The molecule has 6 heteroatoms. The third-order valence-corrected chi connectivity index (χ3v) is 5.79. The van der Waals surface area contributed by atoms with Gasteiger partial charge in [0.15, 0.2) is 0 Å². The van der Waals surface area contributed by atoms with Gasteiger partial charge in [0.25, 0.3) is 0 Å². The van der Waals surface area contributed by atoms with Crippen molar-refractivity contribution in [3.63, 3.8) is 0 Å². The molecule has 0 aliphatic rings. The predicted molar refractivity (Wildman–Crippen MR) is 101 cm³/mol. The second-order valence-corrected chi connectivity index (χ2v) is 7.87. The lowest BCUT2D eigenvalue weighted by Gasteiger charge is -2.18. The number of sulfonamides is 1. The molecule has 1 N–H and O–H groups in total. The topological polar surface area (TPSA) is 46.2 Å². The molecule has 0 saturated heterocycles. The van der Waals surface area contributed by atoms with E-state index in [9.17, 15) is 17.2 Å². The van der Waals surface area contributed by atoms with Gasteiger partial charge in [-0.2, -0.15) is 0 Å².